The van der Waals surface area contributed by atoms with E-state index >= 15 is 0 Å². The fourth-order valence-electron chi connectivity index (χ4n) is 1.37. The molecule has 0 bridgehead atoms. The minimum absolute atomic E-state index is 0.106. The van der Waals surface area contributed by atoms with Crippen LogP contribution in [0, 0.1) is 0 Å². The SMILES string of the molecule is CCCCNC(=O)C[n+]1cccc(C(=O)O)c1. The molecule has 0 radical (unpaired) electrons. The first-order valence-electron chi connectivity index (χ1n) is 5.62. The van der Waals surface area contributed by atoms with Gasteiger partial charge in [0.1, 0.15) is 5.56 Å². The van der Waals surface area contributed by atoms with Gasteiger partial charge in [-0.2, -0.15) is 4.57 Å². The van der Waals surface area contributed by atoms with Gasteiger partial charge in [-0.25, -0.2) is 4.79 Å². The highest BCUT2D eigenvalue weighted by Crippen LogP contribution is 1.93. The van der Waals surface area contributed by atoms with Crippen molar-refractivity contribution in [3.05, 3.63) is 30.1 Å². The van der Waals surface area contributed by atoms with Crippen molar-refractivity contribution in [3.8, 4) is 0 Å². The predicted octanol–water partition coefficient (Wildman–Crippen LogP) is 0.589. The molecular formula is C12H17N2O3+. The third kappa shape index (κ3) is 4.63. The molecule has 1 amide bonds. The summed E-state index contributed by atoms with van der Waals surface area (Å²) in [4.78, 5) is 22.2. The molecule has 0 aliphatic carbocycles. The number of unbranched alkanes of at least 4 members (excludes halogenated alkanes) is 1. The van der Waals surface area contributed by atoms with Gasteiger partial charge in [-0.1, -0.05) is 13.3 Å². The van der Waals surface area contributed by atoms with Crippen LogP contribution in [-0.4, -0.2) is 23.5 Å². The van der Waals surface area contributed by atoms with E-state index in [1.54, 1.807) is 16.8 Å². The molecule has 2 N–H and O–H groups in total. The summed E-state index contributed by atoms with van der Waals surface area (Å²) < 4.78 is 1.56. The summed E-state index contributed by atoms with van der Waals surface area (Å²) in [7, 11) is 0. The summed E-state index contributed by atoms with van der Waals surface area (Å²) in [5.74, 6) is -1.10. The van der Waals surface area contributed by atoms with Crippen molar-refractivity contribution in [2.24, 2.45) is 0 Å². The Morgan fingerprint density at radius 2 is 2.24 bits per heavy atom. The summed E-state index contributed by atoms with van der Waals surface area (Å²) in [5.41, 5.74) is 0.175. The molecule has 1 aromatic rings. The van der Waals surface area contributed by atoms with Crippen LogP contribution in [0.5, 0.6) is 0 Å². The number of nitrogens with zero attached hydrogens (tertiary/aromatic N) is 1. The van der Waals surface area contributed by atoms with Crippen molar-refractivity contribution in [1.82, 2.24) is 5.32 Å². The lowest BCUT2D eigenvalue weighted by Crippen LogP contribution is -2.43. The third-order valence-corrected chi connectivity index (χ3v) is 2.28. The van der Waals surface area contributed by atoms with Crippen LogP contribution in [-0.2, 0) is 11.3 Å². The quantitative estimate of drug-likeness (QED) is 0.562. The Bertz CT molecular complexity index is 404. The van der Waals surface area contributed by atoms with Crippen LogP contribution in [0.1, 0.15) is 30.1 Å². The van der Waals surface area contributed by atoms with Gasteiger partial charge >= 0.3 is 5.97 Å². The molecule has 0 spiro atoms. The number of carboxylic acid groups (broad SMARTS) is 1. The van der Waals surface area contributed by atoms with E-state index < -0.39 is 5.97 Å². The van der Waals surface area contributed by atoms with Crippen LogP contribution in [0.2, 0.25) is 0 Å². The van der Waals surface area contributed by atoms with Gasteiger partial charge in [0.15, 0.2) is 12.4 Å². The first-order chi connectivity index (χ1) is 8.13. The predicted molar refractivity (Wildman–Crippen MR) is 61.5 cm³/mol. The van der Waals surface area contributed by atoms with Crippen LogP contribution in [0.15, 0.2) is 24.5 Å². The summed E-state index contributed by atoms with van der Waals surface area (Å²) in [6.07, 6.45) is 5.10. The van der Waals surface area contributed by atoms with Crippen LogP contribution in [0.3, 0.4) is 0 Å². The monoisotopic (exact) mass is 237 g/mol. The third-order valence-electron chi connectivity index (χ3n) is 2.28. The fourth-order valence-corrected chi connectivity index (χ4v) is 1.37. The Morgan fingerprint density at radius 1 is 1.47 bits per heavy atom. The number of pyridine rings is 1. The van der Waals surface area contributed by atoms with Crippen molar-refractivity contribution < 1.29 is 19.3 Å². The second kappa shape index (κ2) is 6.62. The molecule has 0 saturated heterocycles. The first kappa shape index (κ1) is 13.2. The van der Waals surface area contributed by atoms with Gasteiger partial charge in [-0.15, -0.1) is 0 Å². The van der Waals surface area contributed by atoms with Gasteiger partial charge < -0.3 is 10.4 Å². The van der Waals surface area contributed by atoms with Crippen molar-refractivity contribution in [2.75, 3.05) is 6.54 Å². The van der Waals surface area contributed by atoms with Crippen LogP contribution < -0.4 is 9.88 Å². The number of carboxylic acids is 1. The highest BCUT2D eigenvalue weighted by atomic mass is 16.4. The molecule has 0 aliphatic rings. The number of nitrogens with one attached hydrogen (secondary N) is 1. The normalized spacial score (nSPS) is 9.94. The van der Waals surface area contributed by atoms with E-state index in [-0.39, 0.29) is 18.0 Å². The largest absolute Gasteiger partial charge is 0.477 e. The zero-order valence-corrected chi connectivity index (χ0v) is 9.85. The maximum atomic E-state index is 11.5. The van der Waals surface area contributed by atoms with Gasteiger partial charge in [-0.3, -0.25) is 4.79 Å². The summed E-state index contributed by atoms with van der Waals surface area (Å²) >= 11 is 0. The minimum Gasteiger partial charge on any atom is -0.477 e. The topological polar surface area (TPSA) is 70.3 Å². The molecule has 0 aliphatic heterocycles. The second-order valence-electron chi connectivity index (χ2n) is 3.77. The molecule has 5 heteroatoms. The Labute approximate surface area is 100 Å². The average molecular weight is 237 g/mol. The molecule has 92 valence electrons. The van der Waals surface area contributed by atoms with E-state index in [1.807, 2.05) is 0 Å². The zero-order chi connectivity index (χ0) is 12.7. The Morgan fingerprint density at radius 3 is 2.88 bits per heavy atom. The molecule has 0 saturated carbocycles. The second-order valence-corrected chi connectivity index (χ2v) is 3.77. The van der Waals surface area contributed by atoms with Gasteiger partial charge in [-0.05, 0) is 12.5 Å². The lowest BCUT2D eigenvalue weighted by molar-refractivity contribution is -0.684. The van der Waals surface area contributed by atoms with E-state index in [4.69, 9.17) is 5.11 Å². The molecular weight excluding hydrogens is 220 g/mol. The molecule has 1 heterocycles. The molecule has 17 heavy (non-hydrogen) atoms. The van der Waals surface area contributed by atoms with Crippen molar-refractivity contribution in [3.63, 3.8) is 0 Å². The molecule has 0 aromatic carbocycles. The Hall–Kier alpha value is -1.91. The van der Waals surface area contributed by atoms with Crippen LogP contribution in [0.25, 0.3) is 0 Å². The fraction of sp³-hybridized carbons (Fsp3) is 0.417. The van der Waals surface area contributed by atoms with Gasteiger partial charge in [0.05, 0.1) is 0 Å². The van der Waals surface area contributed by atoms with Crippen molar-refractivity contribution in [1.29, 1.82) is 0 Å². The highest BCUT2D eigenvalue weighted by Gasteiger charge is 2.12. The minimum atomic E-state index is -0.995. The lowest BCUT2D eigenvalue weighted by Gasteiger charge is -2.01. The number of aromatic nitrogens is 1. The maximum Gasteiger partial charge on any atom is 0.341 e. The standard InChI is InChI=1S/C12H16N2O3/c1-2-3-6-13-11(15)9-14-7-4-5-10(8-14)12(16)17/h4-5,7-8H,2-3,6,9H2,1H3,(H-,13,15,16,17)/p+1. The van der Waals surface area contributed by atoms with Crippen molar-refractivity contribution in [2.45, 2.75) is 26.3 Å². The van der Waals surface area contributed by atoms with E-state index in [9.17, 15) is 9.59 Å². The number of hydrogen-bond donors (Lipinski definition) is 2. The molecule has 0 atom stereocenters. The molecule has 1 aromatic heterocycles. The van der Waals surface area contributed by atoms with E-state index in [0.29, 0.717) is 6.54 Å². The zero-order valence-electron chi connectivity index (χ0n) is 9.85. The molecule has 0 fully saturated rings. The summed E-state index contributed by atoms with van der Waals surface area (Å²) in [6.45, 7) is 2.86. The number of carbonyl (C=O) groups excluding carboxylic acids is 1. The van der Waals surface area contributed by atoms with Gasteiger partial charge in [0.25, 0.3) is 5.91 Å². The summed E-state index contributed by atoms with van der Waals surface area (Å²) in [5, 5.41) is 11.6. The van der Waals surface area contributed by atoms with Crippen LogP contribution in [0.4, 0.5) is 0 Å². The number of aromatic carboxylic acids is 1. The average Bonchev–Trinajstić information content (AvgIpc) is 2.29. The maximum absolute atomic E-state index is 11.5. The molecule has 0 unspecified atom stereocenters. The Kier molecular flexibility index (Phi) is 5.13. The van der Waals surface area contributed by atoms with E-state index in [0.717, 1.165) is 12.8 Å². The highest BCUT2D eigenvalue weighted by molar-refractivity contribution is 5.86. The first-order valence-corrected chi connectivity index (χ1v) is 5.62. The number of amides is 1. The number of carbonyl (C=O) groups is 2. The van der Waals surface area contributed by atoms with E-state index in [1.165, 1.54) is 12.3 Å². The molecule has 1 rings (SSSR count). The number of hydrogen-bond acceptors (Lipinski definition) is 2. The molecule has 5 nitrogen and oxygen atoms in total. The van der Waals surface area contributed by atoms with Crippen LogP contribution >= 0.6 is 0 Å². The smallest absolute Gasteiger partial charge is 0.341 e. The lowest BCUT2D eigenvalue weighted by atomic mass is 10.3. The number of rotatable bonds is 6. The summed E-state index contributed by atoms with van der Waals surface area (Å²) in [6, 6.07) is 3.11. The van der Waals surface area contributed by atoms with Crippen molar-refractivity contribution >= 4 is 11.9 Å². The Balaban J connectivity index is 2.53. The van der Waals surface area contributed by atoms with E-state index in [2.05, 4.69) is 12.2 Å². The van der Waals surface area contributed by atoms with Gasteiger partial charge in [0.2, 0.25) is 6.54 Å². The van der Waals surface area contributed by atoms with Gasteiger partial charge in [0, 0.05) is 12.6 Å².